The molecule has 100 valence electrons. The summed E-state index contributed by atoms with van der Waals surface area (Å²) >= 11 is 5.66. The van der Waals surface area contributed by atoms with E-state index in [0.717, 1.165) is 12.1 Å². The van der Waals surface area contributed by atoms with Crippen LogP contribution in [0.4, 0.5) is 13.2 Å². The lowest BCUT2D eigenvalue weighted by Gasteiger charge is -2.13. The van der Waals surface area contributed by atoms with E-state index in [4.69, 9.17) is 22.7 Å². The summed E-state index contributed by atoms with van der Waals surface area (Å²) < 4.78 is 39.9. The maximum atomic E-state index is 12.9. The van der Waals surface area contributed by atoms with E-state index >= 15 is 0 Å². The molecule has 0 bridgehead atoms. The standard InChI is InChI=1S/C11H8ClF3N4/c12-6-4-18-19(5-6)7-1-2-8(10(16)17)9(3-7)11(13,14)15/h1-5H,(H3,16,17). The zero-order chi connectivity index (χ0) is 14.2. The van der Waals surface area contributed by atoms with Crippen LogP contribution in [-0.4, -0.2) is 15.6 Å². The Kier molecular flexibility index (Phi) is 3.23. The number of aromatic nitrogens is 2. The SMILES string of the molecule is N=C(N)c1ccc(-n2cc(Cl)cn2)cc1C(F)(F)F. The zero-order valence-electron chi connectivity index (χ0n) is 9.37. The van der Waals surface area contributed by atoms with Gasteiger partial charge in [0, 0.05) is 11.8 Å². The van der Waals surface area contributed by atoms with Crippen LogP contribution in [0, 0.1) is 5.41 Å². The zero-order valence-corrected chi connectivity index (χ0v) is 10.1. The van der Waals surface area contributed by atoms with Crippen molar-refractivity contribution in [1.82, 2.24) is 9.78 Å². The Morgan fingerprint density at radius 1 is 1.37 bits per heavy atom. The lowest BCUT2D eigenvalue weighted by atomic mass is 10.1. The fourth-order valence-electron chi connectivity index (χ4n) is 1.59. The van der Waals surface area contributed by atoms with Gasteiger partial charge in [0.2, 0.25) is 0 Å². The average Bonchev–Trinajstić information content (AvgIpc) is 2.74. The minimum Gasteiger partial charge on any atom is -0.384 e. The second kappa shape index (κ2) is 4.58. The Hall–Kier alpha value is -2.02. The van der Waals surface area contributed by atoms with Gasteiger partial charge in [-0.05, 0) is 18.2 Å². The van der Waals surface area contributed by atoms with Crippen molar-refractivity contribution in [2.45, 2.75) is 6.18 Å². The predicted octanol–water partition coefficient (Wildman–Crippen LogP) is 2.83. The Morgan fingerprint density at radius 2 is 2.05 bits per heavy atom. The molecule has 0 atom stereocenters. The number of amidine groups is 1. The van der Waals surface area contributed by atoms with Crippen molar-refractivity contribution in [2.24, 2.45) is 5.73 Å². The van der Waals surface area contributed by atoms with E-state index in [1.165, 1.54) is 23.1 Å². The van der Waals surface area contributed by atoms with Gasteiger partial charge in [-0.25, -0.2) is 4.68 Å². The van der Waals surface area contributed by atoms with Crippen LogP contribution < -0.4 is 5.73 Å². The molecule has 0 saturated heterocycles. The molecule has 3 N–H and O–H groups in total. The van der Waals surface area contributed by atoms with Gasteiger partial charge in [0.05, 0.1) is 22.5 Å². The van der Waals surface area contributed by atoms with E-state index in [-0.39, 0.29) is 11.3 Å². The van der Waals surface area contributed by atoms with E-state index < -0.39 is 17.6 Å². The molecule has 19 heavy (non-hydrogen) atoms. The van der Waals surface area contributed by atoms with Crippen molar-refractivity contribution in [3.8, 4) is 5.69 Å². The molecule has 4 nitrogen and oxygen atoms in total. The molecule has 0 aliphatic rings. The third-order valence-corrected chi connectivity index (χ3v) is 2.61. The number of hydrogen-bond acceptors (Lipinski definition) is 2. The monoisotopic (exact) mass is 288 g/mol. The molecule has 1 aromatic carbocycles. The summed E-state index contributed by atoms with van der Waals surface area (Å²) in [6, 6.07) is 3.39. The second-order valence-electron chi connectivity index (χ2n) is 3.74. The van der Waals surface area contributed by atoms with Gasteiger partial charge in [-0.2, -0.15) is 18.3 Å². The molecular formula is C11H8ClF3N4. The van der Waals surface area contributed by atoms with Gasteiger partial charge < -0.3 is 5.73 Å². The largest absolute Gasteiger partial charge is 0.417 e. The number of alkyl halides is 3. The summed E-state index contributed by atoms with van der Waals surface area (Å²) in [5.74, 6) is -0.641. The Morgan fingerprint density at radius 3 is 2.53 bits per heavy atom. The second-order valence-corrected chi connectivity index (χ2v) is 4.18. The number of nitrogens with two attached hydrogens (primary N) is 1. The van der Waals surface area contributed by atoms with E-state index in [2.05, 4.69) is 5.10 Å². The highest BCUT2D eigenvalue weighted by molar-refractivity contribution is 6.30. The van der Waals surface area contributed by atoms with Gasteiger partial charge in [-0.3, -0.25) is 5.41 Å². The van der Waals surface area contributed by atoms with E-state index in [1.54, 1.807) is 0 Å². The van der Waals surface area contributed by atoms with Crippen LogP contribution in [0.1, 0.15) is 11.1 Å². The summed E-state index contributed by atoms with van der Waals surface area (Å²) in [5, 5.41) is 11.3. The smallest absolute Gasteiger partial charge is 0.384 e. The predicted molar refractivity (Wildman–Crippen MR) is 64.6 cm³/mol. The molecule has 0 fully saturated rings. The lowest BCUT2D eigenvalue weighted by Crippen LogP contribution is -2.19. The van der Waals surface area contributed by atoms with Crippen LogP contribution in [0.5, 0.6) is 0 Å². The summed E-state index contributed by atoms with van der Waals surface area (Å²) in [6.07, 6.45) is -1.91. The highest BCUT2D eigenvalue weighted by Gasteiger charge is 2.34. The number of nitrogens with one attached hydrogen (secondary N) is 1. The van der Waals surface area contributed by atoms with E-state index in [9.17, 15) is 13.2 Å². The molecular weight excluding hydrogens is 281 g/mol. The number of nitrogens with zero attached hydrogens (tertiary/aromatic N) is 2. The molecule has 0 aliphatic carbocycles. The van der Waals surface area contributed by atoms with Gasteiger partial charge in [0.1, 0.15) is 5.84 Å². The first kappa shape index (κ1) is 13.4. The van der Waals surface area contributed by atoms with Crippen molar-refractivity contribution >= 4 is 17.4 Å². The van der Waals surface area contributed by atoms with Gasteiger partial charge in [-0.15, -0.1) is 0 Å². The Bertz CT molecular complexity index is 633. The fraction of sp³-hybridized carbons (Fsp3) is 0.0909. The topological polar surface area (TPSA) is 67.7 Å². The molecule has 0 radical (unpaired) electrons. The highest BCUT2D eigenvalue weighted by Crippen LogP contribution is 2.33. The molecule has 2 aromatic rings. The van der Waals surface area contributed by atoms with Crippen LogP contribution in [0.15, 0.2) is 30.6 Å². The summed E-state index contributed by atoms with van der Waals surface area (Å²) in [4.78, 5) is 0. The van der Waals surface area contributed by atoms with Gasteiger partial charge >= 0.3 is 6.18 Å². The quantitative estimate of drug-likeness (QED) is 0.659. The highest BCUT2D eigenvalue weighted by atomic mass is 35.5. The van der Waals surface area contributed by atoms with Crippen molar-refractivity contribution in [3.63, 3.8) is 0 Å². The first-order chi connectivity index (χ1) is 8.79. The van der Waals surface area contributed by atoms with Crippen molar-refractivity contribution in [3.05, 3.63) is 46.7 Å². The van der Waals surface area contributed by atoms with Crippen LogP contribution in [0.3, 0.4) is 0 Å². The number of halogens is 4. The van der Waals surface area contributed by atoms with Crippen LogP contribution in [-0.2, 0) is 6.18 Å². The molecule has 0 spiro atoms. The molecule has 8 heteroatoms. The third kappa shape index (κ3) is 2.70. The van der Waals surface area contributed by atoms with Gasteiger partial charge in [0.25, 0.3) is 0 Å². The molecule has 1 heterocycles. The van der Waals surface area contributed by atoms with Gasteiger partial charge in [0.15, 0.2) is 0 Å². The molecule has 0 saturated carbocycles. The first-order valence-corrected chi connectivity index (χ1v) is 5.43. The van der Waals surface area contributed by atoms with Crippen molar-refractivity contribution in [1.29, 1.82) is 5.41 Å². The van der Waals surface area contributed by atoms with Crippen molar-refractivity contribution in [2.75, 3.05) is 0 Å². The normalized spacial score (nSPS) is 11.6. The first-order valence-electron chi connectivity index (χ1n) is 5.05. The molecule has 2 rings (SSSR count). The average molecular weight is 289 g/mol. The molecule has 0 aliphatic heterocycles. The minimum absolute atomic E-state index is 0.184. The fourth-order valence-corrected chi connectivity index (χ4v) is 1.72. The summed E-state index contributed by atoms with van der Waals surface area (Å²) in [5.41, 5.74) is 3.98. The molecule has 0 unspecified atom stereocenters. The van der Waals surface area contributed by atoms with E-state index in [0.29, 0.717) is 5.02 Å². The summed E-state index contributed by atoms with van der Waals surface area (Å²) in [7, 11) is 0. The summed E-state index contributed by atoms with van der Waals surface area (Å²) in [6.45, 7) is 0. The number of hydrogen-bond donors (Lipinski definition) is 2. The van der Waals surface area contributed by atoms with Crippen molar-refractivity contribution < 1.29 is 13.2 Å². The van der Waals surface area contributed by atoms with Crippen LogP contribution >= 0.6 is 11.6 Å². The van der Waals surface area contributed by atoms with Gasteiger partial charge in [-0.1, -0.05) is 11.6 Å². The van der Waals surface area contributed by atoms with Crippen LogP contribution in [0.2, 0.25) is 5.02 Å². The number of nitrogen functional groups attached to an aromatic ring is 1. The Labute approximate surface area is 111 Å². The number of rotatable bonds is 2. The third-order valence-electron chi connectivity index (χ3n) is 2.41. The number of benzene rings is 1. The van der Waals surface area contributed by atoms with E-state index in [1.807, 2.05) is 0 Å². The minimum atomic E-state index is -4.60. The molecule has 0 amide bonds. The lowest BCUT2D eigenvalue weighted by molar-refractivity contribution is -0.137. The maximum Gasteiger partial charge on any atom is 0.417 e. The Balaban J connectivity index is 2.59. The molecule has 1 aromatic heterocycles. The maximum absolute atomic E-state index is 12.9. The van der Waals surface area contributed by atoms with Crippen LogP contribution in [0.25, 0.3) is 5.69 Å².